The van der Waals surface area contributed by atoms with Crippen LogP contribution in [0.5, 0.6) is 0 Å². The third-order valence-electron chi connectivity index (χ3n) is 0.915. The van der Waals surface area contributed by atoms with Crippen LogP contribution >= 0.6 is 0 Å². The molecule has 8 heavy (non-hydrogen) atoms. The van der Waals surface area contributed by atoms with Crippen molar-refractivity contribution in [3.8, 4) is 0 Å². The van der Waals surface area contributed by atoms with Crippen LogP contribution in [-0.4, -0.2) is 16.3 Å². The van der Waals surface area contributed by atoms with Crippen LogP contribution in [0.4, 0.5) is 0 Å². The molecule has 2 N–H and O–H groups in total. The normalized spacial score (nSPS) is 13.9. The lowest BCUT2D eigenvalue weighted by Gasteiger charge is -2.03. The summed E-state index contributed by atoms with van der Waals surface area (Å²) in [6, 6.07) is 0. The van der Waals surface area contributed by atoms with Crippen molar-refractivity contribution in [2.75, 3.05) is 0 Å². The SMILES string of the molecule is [CH2]CCC(O)C[CH]O. The van der Waals surface area contributed by atoms with Crippen molar-refractivity contribution < 1.29 is 10.2 Å². The standard InChI is InChI=1S/C6H12O2/c1-2-3-6(8)4-5-7/h5-8H,1-4H2. The largest absolute Gasteiger partial charge is 0.393 e. The molecule has 0 aliphatic heterocycles. The third-order valence-corrected chi connectivity index (χ3v) is 0.915. The van der Waals surface area contributed by atoms with Crippen molar-refractivity contribution in [1.82, 2.24) is 0 Å². The van der Waals surface area contributed by atoms with E-state index in [1.807, 2.05) is 0 Å². The van der Waals surface area contributed by atoms with Gasteiger partial charge in [0.1, 0.15) is 0 Å². The van der Waals surface area contributed by atoms with Crippen LogP contribution in [0.15, 0.2) is 0 Å². The van der Waals surface area contributed by atoms with Crippen molar-refractivity contribution in [3.63, 3.8) is 0 Å². The summed E-state index contributed by atoms with van der Waals surface area (Å²) >= 11 is 0. The predicted molar refractivity (Wildman–Crippen MR) is 31.5 cm³/mol. The topological polar surface area (TPSA) is 40.5 Å². The Balaban J connectivity index is 2.92. The maximum absolute atomic E-state index is 8.82. The molecular formula is C6H12O2. The van der Waals surface area contributed by atoms with E-state index in [1.165, 1.54) is 0 Å². The monoisotopic (exact) mass is 116 g/mol. The van der Waals surface area contributed by atoms with Gasteiger partial charge in [-0.1, -0.05) is 13.3 Å². The van der Waals surface area contributed by atoms with E-state index in [2.05, 4.69) is 6.92 Å². The lowest BCUT2D eigenvalue weighted by Crippen LogP contribution is -2.04. The Morgan fingerprint density at radius 1 is 1.62 bits per heavy atom. The second kappa shape index (κ2) is 5.06. The maximum atomic E-state index is 8.82. The van der Waals surface area contributed by atoms with Crippen LogP contribution in [0.2, 0.25) is 0 Å². The summed E-state index contributed by atoms with van der Waals surface area (Å²) in [6.07, 6.45) is 1.33. The molecule has 0 bridgehead atoms. The first-order valence-corrected chi connectivity index (χ1v) is 2.74. The molecule has 0 amide bonds. The molecule has 0 aromatic heterocycles. The molecule has 0 aliphatic carbocycles. The first-order chi connectivity index (χ1) is 3.81. The molecule has 0 aromatic rings. The number of hydrogen-bond donors (Lipinski definition) is 2. The van der Waals surface area contributed by atoms with Gasteiger partial charge in [-0.2, -0.15) is 0 Å². The van der Waals surface area contributed by atoms with E-state index in [9.17, 15) is 0 Å². The molecule has 2 heteroatoms. The summed E-state index contributed by atoms with van der Waals surface area (Å²) in [4.78, 5) is 0. The van der Waals surface area contributed by atoms with Gasteiger partial charge in [0.15, 0.2) is 0 Å². The van der Waals surface area contributed by atoms with Gasteiger partial charge in [0.05, 0.1) is 12.7 Å². The highest BCUT2D eigenvalue weighted by molar-refractivity contribution is 4.60. The molecule has 0 saturated carbocycles. The summed E-state index contributed by atoms with van der Waals surface area (Å²) < 4.78 is 0. The van der Waals surface area contributed by atoms with E-state index < -0.39 is 6.10 Å². The molecule has 0 spiro atoms. The van der Waals surface area contributed by atoms with Crippen molar-refractivity contribution in [2.45, 2.75) is 25.4 Å². The first kappa shape index (κ1) is 7.92. The van der Waals surface area contributed by atoms with Crippen LogP contribution < -0.4 is 0 Å². The van der Waals surface area contributed by atoms with E-state index in [4.69, 9.17) is 10.2 Å². The number of aliphatic hydroxyl groups excluding tert-OH is 2. The highest BCUT2D eigenvalue weighted by Crippen LogP contribution is 2.00. The summed E-state index contributed by atoms with van der Waals surface area (Å²) in [5, 5.41) is 17.0. The first-order valence-electron chi connectivity index (χ1n) is 2.74. The molecule has 2 nitrogen and oxygen atoms in total. The van der Waals surface area contributed by atoms with Gasteiger partial charge in [-0.15, -0.1) is 0 Å². The smallest absolute Gasteiger partial charge is 0.0824 e. The van der Waals surface area contributed by atoms with Gasteiger partial charge in [0.2, 0.25) is 0 Å². The molecule has 0 aliphatic rings. The molecule has 0 heterocycles. The summed E-state index contributed by atoms with van der Waals surface area (Å²) in [5.41, 5.74) is 0. The van der Waals surface area contributed by atoms with E-state index in [0.717, 1.165) is 13.0 Å². The van der Waals surface area contributed by atoms with Crippen LogP contribution in [0, 0.1) is 13.5 Å². The second-order valence-corrected chi connectivity index (χ2v) is 1.71. The summed E-state index contributed by atoms with van der Waals surface area (Å²) in [7, 11) is 0. The fraction of sp³-hybridized carbons (Fsp3) is 0.667. The molecule has 48 valence electrons. The quantitative estimate of drug-likeness (QED) is 0.572. The van der Waals surface area contributed by atoms with E-state index in [0.29, 0.717) is 12.8 Å². The molecule has 1 unspecified atom stereocenters. The van der Waals surface area contributed by atoms with Crippen molar-refractivity contribution in [1.29, 1.82) is 0 Å². The number of hydrogen-bond acceptors (Lipinski definition) is 2. The van der Waals surface area contributed by atoms with Crippen LogP contribution in [0.25, 0.3) is 0 Å². The minimum atomic E-state index is -0.405. The Kier molecular flexibility index (Phi) is 5.01. The van der Waals surface area contributed by atoms with Gasteiger partial charge in [-0.25, -0.2) is 0 Å². The van der Waals surface area contributed by atoms with E-state index in [1.54, 1.807) is 0 Å². The predicted octanol–water partition coefficient (Wildman–Crippen LogP) is 0.886. The lowest BCUT2D eigenvalue weighted by atomic mass is 10.2. The Bertz CT molecular complexity index is 39.8. The lowest BCUT2D eigenvalue weighted by molar-refractivity contribution is 0.147. The molecule has 0 rings (SSSR count). The Morgan fingerprint density at radius 3 is 2.62 bits per heavy atom. The second-order valence-electron chi connectivity index (χ2n) is 1.71. The zero-order chi connectivity index (χ0) is 6.41. The zero-order valence-electron chi connectivity index (χ0n) is 4.88. The van der Waals surface area contributed by atoms with Gasteiger partial charge < -0.3 is 10.2 Å². The Morgan fingerprint density at radius 2 is 2.25 bits per heavy atom. The van der Waals surface area contributed by atoms with Crippen LogP contribution in [0.3, 0.4) is 0 Å². The number of rotatable bonds is 4. The minimum absolute atomic E-state index is 0.357. The summed E-state index contributed by atoms with van der Waals surface area (Å²) in [6.45, 7) is 4.52. The molecule has 0 aromatic carbocycles. The van der Waals surface area contributed by atoms with Crippen molar-refractivity contribution in [2.24, 2.45) is 0 Å². The van der Waals surface area contributed by atoms with E-state index in [-0.39, 0.29) is 0 Å². The fourth-order valence-corrected chi connectivity index (χ4v) is 0.475. The van der Waals surface area contributed by atoms with Crippen LogP contribution in [0.1, 0.15) is 19.3 Å². The van der Waals surface area contributed by atoms with Gasteiger partial charge in [-0.3, -0.25) is 0 Å². The highest BCUT2D eigenvalue weighted by Gasteiger charge is 1.98. The highest BCUT2D eigenvalue weighted by atomic mass is 16.3. The van der Waals surface area contributed by atoms with Crippen molar-refractivity contribution in [3.05, 3.63) is 13.5 Å². The van der Waals surface area contributed by atoms with Crippen molar-refractivity contribution >= 4 is 0 Å². The van der Waals surface area contributed by atoms with Gasteiger partial charge in [0.25, 0.3) is 0 Å². The molecular weight excluding hydrogens is 104 g/mol. The average Bonchev–Trinajstić information content (AvgIpc) is 1.68. The Labute approximate surface area is 50.2 Å². The van der Waals surface area contributed by atoms with Gasteiger partial charge in [0, 0.05) is 6.42 Å². The van der Waals surface area contributed by atoms with Gasteiger partial charge in [-0.05, 0) is 6.42 Å². The van der Waals surface area contributed by atoms with E-state index >= 15 is 0 Å². The number of aliphatic hydroxyl groups is 2. The third kappa shape index (κ3) is 4.09. The average molecular weight is 116 g/mol. The van der Waals surface area contributed by atoms with Gasteiger partial charge >= 0.3 is 0 Å². The fourth-order valence-electron chi connectivity index (χ4n) is 0.475. The minimum Gasteiger partial charge on any atom is -0.393 e. The molecule has 0 fully saturated rings. The van der Waals surface area contributed by atoms with Crippen LogP contribution in [-0.2, 0) is 0 Å². The maximum Gasteiger partial charge on any atom is 0.0824 e. The molecule has 1 atom stereocenters. The Hall–Kier alpha value is -0.0800. The molecule has 0 saturated heterocycles. The zero-order valence-corrected chi connectivity index (χ0v) is 4.88. The summed E-state index contributed by atoms with van der Waals surface area (Å²) in [5.74, 6) is 0. The molecule has 2 radical (unpaired) electrons.